The van der Waals surface area contributed by atoms with Crippen LogP contribution in [0.4, 0.5) is 5.69 Å². The van der Waals surface area contributed by atoms with E-state index in [2.05, 4.69) is 20.5 Å². The van der Waals surface area contributed by atoms with Gasteiger partial charge in [-0.1, -0.05) is 60.3 Å². The summed E-state index contributed by atoms with van der Waals surface area (Å²) < 4.78 is 5.67. The van der Waals surface area contributed by atoms with Crippen molar-refractivity contribution < 1.29 is 9.21 Å². The van der Waals surface area contributed by atoms with E-state index in [1.54, 1.807) is 31.5 Å². The number of para-hydroxylation sites is 1. The third kappa shape index (κ3) is 4.52. The number of hydrogen-bond donors (Lipinski definition) is 1. The SMILES string of the molecule is CC(Sc1nnc(-c2ccncc2)o1)C(=O)Nc1ccccc1-c1ccccc1. The zero-order chi connectivity index (χ0) is 20.1. The Hall–Kier alpha value is -3.45. The second kappa shape index (κ2) is 8.70. The maximum atomic E-state index is 12.7. The highest BCUT2D eigenvalue weighted by Crippen LogP contribution is 2.30. The monoisotopic (exact) mass is 402 g/mol. The molecule has 6 nitrogen and oxygen atoms in total. The summed E-state index contributed by atoms with van der Waals surface area (Å²) in [5.41, 5.74) is 3.56. The molecule has 2 heterocycles. The fourth-order valence-corrected chi connectivity index (χ4v) is 3.45. The van der Waals surface area contributed by atoms with Gasteiger partial charge in [0, 0.05) is 29.2 Å². The Kier molecular flexibility index (Phi) is 5.67. The summed E-state index contributed by atoms with van der Waals surface area (Å²) in [4.78, 5) is 16.7. The molecule has 1 atom stereocenters. The first-order valence-corrected chi connectivity index (χ1v) is 9.94. The second-order valence-electron chi connectivity index (χ2n) is 6.27. The molecule has 0 saturated carbocycles. The van der Waals surface area contributed by atoms with Gasteiger partial charge in [0.25, 0.3) is 5.22 Å². The number of pyridine rings is 1. The molecule has 0 aliphatic carbocycles. The van der Waals surface area contributed by atoms with Gasteiger partial charge in [0.05, 0.1) is 5.25 Å². The highest BCUT2D eigenvalue weighted by Gasteiger charge is 2.20. The molecule has 29 heavy (non-hydrogen) atoms. The van der Waals surface area contributed by atoms with E-state index >= 15 is 0 Å². The molecule has 7 heteroatoms. The van der Waals surface area contributed by atoms with Crippen LogP contribution in [0.15, 0.2) is 88.8 Å². The smallest absolute Gasteiger partial charge is 0.277 e. The minimum absolute atomic E-state index is 0.137. The average Bonchev–Trinajstić information content (AvgIpc) is 3.24. The van der Waals surface area contributed by atoms with Crippen LogP contribution in [-0.2, 0) is 4.79 Å². The first-order chi connectivity index (χ1) is 14.2. The summed E-state index contributed by atoms with van der Waals surface area (Å²) in [5, 5.41) is 11.0. The second-order valence-corrected chi connectivity index (χ2v) is 7.56. The largest absolute Gasteiger partial charge is 0.411 e. The average molecular weight is 402 g/mol. The standard InChI is InChI=1S/C22H18N4O2S/c1-15(29-22-26-25-21(28-22)17-11-13-23-14-12-17)20(27)24-19-10-6-5-9-18(19)16-7-3-2-4-8-16/h2-15H,1H3,(H,24,27). The molecule has 0 radical (unpaired) electrons. The van der Waals surface area contributed by atoms with Crippen molar-refractivity contribution in [3.05, 3.63) is 79.1 Å². The highest BCUT2D eigenvalue weighted by molar-refractivity contribution is 8.00. The van der Waals surface area contributed by atoms with Gasteiger partial charge in [0.1, 0.15) is 0 Å². The molecule has 0 spiro atoms. The first kappa shape index (κ1) is 18.9. The third-order valence-electron chi connectivity index (χ3n) is 4.25. The number of thioether (sulfide) groups is 1. The van der Waals surface area contributed by atoms with Crippen LogP contribution in [0.2, 0.25) is 0 Å². The van der Waals surface area contributed by atoms with Gasteiger partial charge in [-0.3, -0.25) is 9.78 Å². The number of aromatic nitrogens is 3. The van der Waals surface area contributed by atoms with Gasteiger partial charge >= 0.3 is 0 Å². The predicted octanol–water partition coefficient (Wildman–Crippen LogP) is 4.92. The zero-order valence-electron chi connectivity index (χ0n) is 15.6. The lowest BCUT2D eigenvalue weighted by Crippen LogP contribution is -2.22. The van der Waals surface area contributed by atoms with E-state index < -0.39 is 5.25 Å². The fourth-order valence-electron chi connectivity index (χ4n) is 2.77. The summed E-state index contributed by atoms with van der Waals surface area (Å²) in [6.07, 6.45) is 3.32. The van der Waals surface area contributed by atoms with Crippen molar-refractivity contribution in [2.75, 3.05) is 5.32 Å². The Morgan fingerprint density at radius 1 is 0.931 bits per heavy atom. The number of anilines is 1. The molecular weight excluding hydrogens is 384 g/mol. The van der Waals surface area contributed by atoms with E-state index in [1.807, 2.05) is 54.6 Å². The summed E-state index contributed by atoms with van der Waals surface area (Å²) in [5.74, 6) is 0.263. The molecule has 0 saturated heterocycles. The lowest BCUT2D eigenvalue weighted by molar-refractivity contribution is -0.115. The van der Waals surface area contributed by atoms with E-state index in [9.17, 15) is 4.79 Å². The van der Waals surface area contributed by atoms with Crippen molar-refractivity contribution >= 4 is 23.4 Å². The summed E-state index contributed by atoms with van der Waals surface area (Å²) in [7, 11) is 0. The Balaban J connectivity index is 1.46. The molecule has 1 unspecified atom stereocenters. The van der Waals surface area contributed by atoms with Crippen molar-refractivity contribution in [1.29, 1.82) is 0 Å². The van der Waals surface area contributed by atoms with Gasteiger partial charge in [0.2, 0.25) is 11.8 Å². The van der Waals surface area contributed by atoms with Crippen LogP contribution in [0.5, 0.6) is 0 Å². The van der Waals surface area contributed by atoms with Gasteiger partial charge in [-0.25, -0.2) is 0 Å². The summed E-state index contributed by atoms with van der Waals surface area (Å²) in [6.45, 7) is 1.81. The number of hydrogen-bond acceptors (Lipinski definition) is 6. The molecule has 1 amide bonds. The summed E-state index contributed by atoms with van der Waals surface area (Å²) >= 11 is 1.22. The van der Waals surface area contributed by atoms with Crippen LogP contribution >= 0.6 is 11.8 Å². The molecule has 1 N–H and O–H groups in total. The quantitative estimate of drug-likeness (QED) is 0.461. The number of carbonyl (C=O) groups excluding carboxylic acids is 1. The molecular formula is C22H18N4O2S. The van der Waals surface area contributed by atoms with Gasteiger partial charge < -0.3 is 9.73 Å². The van der Waals surface area contributed by atoms with Crippen molar-refractivity contribution in [3.63, 3.8) is 0 Å². The summed E-state index contributed by atoms with van der Waals surface area (Å²) in [6, 6.07) is 21.3. The maximum Gasteiger partial charge on any atom is 0.277 e. The minimum atomic E-state index is -0.412. The van der Waals surface area contributed by atoms with Gasteiger partial charge in [0.15, 0.2) is 0 Å². The van der Waals surface area contributed by atoms with Crippen molar-refractivity contribution in [1.82, 2.24) is 15.2 Å². The highest BCUT2D eigenvalue weighted by atomic mass is 32.2. The number of benzene rings is 2. The van der Waals surface area contributed by atoms with Crippen molar-refractivity contribution in [2.24, 2.45) is 0 Å². The molecule has 4 rings (SSSR count). The minimum Gasteiger partial charge on any atom is -0.411 e. The zero-order valence-corrected chi connectivity index (χ0v) is 16.5. The lowest BCUT2D eigenvalue weighted by Gasteiger charge is -2.14. The molecule has 2 aromatic carbocycles. The molecule has 144 valence electrons. The normalized spacial score (nSPS) is 11.8. The van der Waals surface area contributed by atoms with Crippen molar-refractivity contribution in [2.45, 2.75) is 17.4 Å². The molecule has 0 fully saturated rings. The van der Waals surface area contributed by atoms with Crippen LogP contribution in [0.1, 0.15) is 6.92 Å². The van der Waals surface area contributed by atoms with Gasteiger partial charge in [-0.2, -0.15) is 0 Å². The number of amides is 1. The van der Waals surface area contributed by atoms with Crippen LogP contribution in [-0.4, -0.2) is 26.3 Å². The van der Waals surface area contributed by atoms with Crippen molar-refractivity contribution in [3.8, 4) is 22.6 Å². The molecule has 4 aromatic rings. The van der Waals surface area contributed by atoms with E-state index in [4.69, 9.17) is 4.42 Å². The van der Waals surface area contributed by atoms with Gasteiger partial charge in [-0.05, 0) is 30.7 Å². The van der Waals surface area contributed by atoms with E-state index in [-0.39, 0.29) is 5.91 Å². The number of nitrogens with zero attached hydrogens (tertiary/aromatic N) is 3. The van der Waals surface area contributed by atoms with Crippen LogP contribution in [0.3, 0.4) is 0 Å². The van der Waals surface area contributed by atoms with Crippen LogP contribution in [0, 0.1) is 0 Å². The first-order valence-electron chi connectivity index (χ1n) is 9.06. The third-order valence-corrected chi connectivity index (χ3v) is 5.18. The Morgan fingerprint density at radius 2 is 1.66 bits per heavy atom. The molecule has 2 aromatic heterocycles. The van der Waals surface area contributed by atoms with Crippen LogP contribution < -0.4 is 5.32 Å². The van der Waals surface area contributed by atoms with Gasteiger partial charge in [-0.15, -0.1) is 10.2 Å². The maximum absolute atomic E-state index is 12.7. The van der Waals surface area contributed by atoms with E-state index in [0.29, 0.717) is 11.1 Å². The van der Waals surface area contributed by atoms with E-state index in [1.165, 1.54) is 11.8 Å². The Morgan fingerprint density at radius 3 is 2.45 bits per heavy atom. The van der Waals surface area contributed by atoms with Crippen LogP contribution in [0.25, 0.3) is 22.6 Å². The molecule has 0 bridgehead atoms. The Labute approximate surface area is 172 Å². The number of nitrogens with one attached hydrogen (secondary N) is 1. The number of carbonyl (C=O) groups is 1. The fraction of sp³-hybridized carbons (Fsp3) is 0.0909. The predicted molar refractivity (Wildman–Crippen MR) is 113 cm³/mol. The molecule has 0 aliphatic heterocycles. The topological polar surface area (TPSA) is 80.9 Å². The van der Waals surface area contributed by atoms with E-state index in [0.717, 1.165) is 22.4 Å². The Bertz CT molecular complexity index is 1100. The number of rotatable bonds is 6. The molecule has 0 aliphatic rings. The lowest BCUT2D eigenvalue weighted by atomic mass is 10.0.